The molecule has 1 aliphatic heterocycles. The number of aliphatic hydroxyl groups is 1. The zero-order valence-corrected chi connectivity index (χ0v) is 13.4. The highest BCUT2D eigenvalue weighted by Gasteiger charge is 2.52. The second kappa shape index (κ2) is 6.06. The fraction of sp³-hybridized carbons (Fsp3) is 0.588. The molecule has 1 aliphatic rings. The molecular weight excluding hydrogens is 266 g/mol. The number of carbonyl (C=O) groups is 1. The van der Waals surface area contributed by atoms with E-state index in [2.05, 4.69) is 0 Å². The van der Waals surface area contributed by atoms with Gasteiger partial charge in [-0.15, -0.1) is 0 Å². The first-order valence-corrected chi connectivity index (χ1v) is 7.52. The summed E-state index contributed by atoms with van der Waals surface area (Å²) in [5.41, 5.74) is 1.05. The summed E-state index contributed by atoms with van der Waals surface area (Å²) in [6, 6.07) is 7.82. The van der Waals surface area contributed by atoms with Crippen molar-refractivity contribution in [3.63, 3.8) is 0 Å². The normalized spacial score (nSPS) is 23.4. The van der Waals surface area contributed by atoms with Crippen LogP contribution in [0.5, 0.6) is 5.75 Å². The molecular formula is C17H25NO3. The van der Waals surface area contributed by atoms with Crippen molar-refractivity contribution >= 4 is 5.91 Å². The molecule has 0 aliphatic carbocycles. The maximum absolute atomic E-state index is 12.4. The fourth-order valence-corrected chi connectivity index (χ4v) is 3.03. The van der Waals surface area contributed by atoms with E-state index in [0.717, 1.165) is 11.3 Å². The van der Waals surface area contributed by atoms with Crippen molar-refractivity contribution in [2.75, 3.05) is 7.11 Å². The molecule has 1 fully saturated rings. The van der Waals surface area contributed by atoms with Crippen molar-refractivity contribution in [2.24, 2.45) is 11.8 Å². The Morgan fingerprint density at radius 1 is 1.14 bits per heavy atom. The molecule has 1 amide bonds. The summed E-state index contributed by atoms with van der Waals surface area (Å²) in [6.07, 6.45) is -0.611. The number of hydrogen-bond donors (Lipinski definition) is 1. The molecule has 3 atom stereocenters. The number of carbonyl (C=O) groups excluding carboxylic acids is 1. The lowest BCUT2D eigenvalue weighted by Crippen LogP contribution is -2.62. The smallest absolute Gasteiger partial charge is 0.231 e. The molecule has 2 rings (SSSR count). The molecule has 21 heavy (non-hydrogen) atoms. The number of aliphatic hydroxyl groups excluding tert-OH is 1. The molecule has 1 aromatic rings. The predicted octanol–water partition coefficient (Wildman–Crippen LogP) is 2.62. The first-order valence-electron chi connectivity index (χ1n) is 7.52. The van der Waals surface area contributed by atoms with Gasteiger partial charge in [0.2, 0.25) is 5.91 Å². The van der Waals surface area contributed by atoms with Gasteiger partial charge in [0.05, 0.1) is 25.2 Å². The minimum atomic E-state index is -0.611. The minimum Gasteiger partial charge on any atom is -0.497 e. The number of β-lactam (4-membered cyclic amide) rings is 1. The number of methoxy groups -OCH3 is 1. The van der Waals surface area contributed by atoms with Crippen LogP contribution in [0.25, 0.3) is 0 Å². The number of ether oxygens (including phenoxy) is 1. The van der Waals surface area contributed by atoms with Crippen LogP contribution in [-0.4, -0.2) is 35.2 Å². The van der Waals surface area contributed by atoms with E-state index in [-0.39, 0.29) is 29.8 Å². The van der Waals surface area contributed by atoms with Crippen LogP contribution in [0.2, 0.25) is 0 Å². The Bertz CT molecular complexity index is 495. The van der Waals surface area contributed by atoms with E-state index in [1.165, 1.54) is 0 Å². The van der Waals surface area contributed by atoms with Gasteiger partial charge in [-0.3, -0.25) is 4.79 Å². The second-order valence-corrected chi connectivity index (χ2v) is 6.32. The van der Waals surface area contributed by atoms with Crippen molar-refractivity contribution < 1.29 is 14.6 Å². The highest BCUT2D eigenvalue weighted by molar-refractivity contribution is 5.87. The van der Waals surface area contributed by atoms with Crippen LogP contribution >= 0.6 is 0 Å². The summed E-state index contributed by atoms with van der Waals surface area (Å²) >= 11 is 0. The third-order valence-corrected chi connectivity index (χ3v) is 4.24. The van der Waals surface area contributed by atoms with Gasteiger partial charge < -0.3 is 14.7 Å². The SMILES string of the molecule is COc1ccc([C@@H]2[C@H]([C@@H](O)C(C)C)C(=O)N2C(C)C)cc1. The van der Waals surface area contributed by atoms with Gasteiger partial charge in [-0.25, -0.2) is 0 Å². The Kier molecular flexibility index (Phi) is 4.57. The van der Waals surface area contributed by atoms with E-state index in [9.17, 15) is 9.90 Å². The summed E-state index contributed by atoms with van der Waals surface area (Å²) < 4.78 is 5.18. The van der Waals surface area contributed by atoms with Gasteiger partial charge in [-0.2, -0.15) is 0 Å². The Labute approximate surface area is 126 Å². The van der Waals surface area contributed by atoms with E-state index in [1.807, 2.05) is 56.9 Å². The lowest BCUT2D eigenvalue weighted by atomic mass is 9.75. The first-order chi connectivity index (χ1) is 9.88. The zero-order valence-electron chi connectivity index (χ0n) is 13.4. The van der Waals surface area contributed by atoms with E-state index >= 15 is 0 Å². The number of hydrogen-bond acceptors (Lipinski definition) is 3. The Balaban J connectivity index is 2.31. The third kappa shape index (κ3) is 2.77. The van der Waals surface area contributed by atoms with Crippen molar-refractivity contribution in [1.82, 2.24) is 4.90 Å². The van der Waals surface area contributed by atoms with Crippen LogP contribution in [0.15, 0.2) is 24.3 Å². The van der Waals surface area contributed by atoms with Crippen molar-refractivity contribution in [3.05, 3.63) is 29.8 Å². The number of likely N-dealkylation sites (tertiary alicyclic amines) is 1. The molecule has 0 saturated carbocycles. The quantitative estimate of drug-likeness (QED) is 0.848. The van der Waals surface area contributed by atoms with Gasteiger partial charge in [0.25, 0.3) is 0 Å². The summed E-state index contributed by atoms with van der Waals surface area (Å²) in [7, 11) is 1.63. The molecule has 0 radical (unpaired) electrons. The number of rotatable bonds is 5. The molecule has 1 heterocycles. The summed E-state index contributed by atoms with van der Waals surface area (Å²) in [4.78, 5) is 14.3. The summed E-state index contributed by atoms with van der Waals surface area (Å²) in [5, 5.41) is 10.4. The van der Waals surface area contributed by atoms with Crippen LogP contribution < -0.4 is 4.74 Å². The van der Waals surface area contributed by atoms with E-state index in [4.69, 9.17) is 4.74 Å². The lowest BCUT2D eigenvalue weighted by molar-refractivity contribution is -0.172. The van der Waals surface area contributed by atoms with E-state index in [0.29, 0.717) is 0 Å². The Morgan fingerprint density at radius 2 is 1.71 bits per heavy atom. The highest BCUT2D eigenvalue weighted by Crippen LogP contribution is 2.45. The topological polar surface area (TPSA) is 49.8 Å². The predicted molar refractivity (Wildman–Crippen MR) is 82.1 cm³/mol. The Hall–Kier alpha value is -1.55. The second-order valence-electron chi connectivity index (χ2n) is 6.32. The number of amides is 1. The highest BCUT2D eigenvalue weighted by atomic mass is 16.5. The maximum Gasteiger partial charge on any atom is 0.231 e. The van der Waals surface area contributed by atoms with E-state index < -0.39 is 6.10 Å². The zero-order chi connectivity index (χ0) is 15.7. The van der Waals surface area contributed by atoms with Gasteiger partial charge in [-0.05, 0) is 37.5 Å². The molecule has 1 saturated heterocycles. The van der Waals surface area contributed by atoms with Gasteiger partial charge in [-0.1, -0.05) is 26.0 Å². The summed E-state index contributed by atoms with van der Waals surface area (Å²) in [5.74, 6) is 0.559. The molecule has 0 bridgehead atoms. The molecule has 0 spiro atoms. The van der Waals surface area contributed by atoms with Crippen molar-refractivity contribution in [2.45, 2.75) is 45.9 Å². The minimum absolute atomic E-state index is 0.0482. The number of nitrogens with zero attached hydrogens (tertiary/aromatic N) is 1. The van der Waals surface area contributed by atoms with E-state index in [1.54, 1.807) is 7.11 Å². The van der Waals surface area contributed by atoms with Gasteiger partial charge in [0, 0.05) is 6.04 Å². The van der Waals surface area contributed by atoms with Crippen molar-refractivity contribution in [3.8, 4) is 5.75 Å². The van der Waals surface area contributed by atoms with Crippen LogP contribution in [0.1, 0.15) is 39.3 Å². The molecule has 4 heteroatoms. The fourth-order valence-electron chi connectivity index (χ4n) is 3.03. The lowest BCUT2D eigenvalue weighted by Gasteiger charge is -2.52. The molecule has 0 unspecified atom stereocenters. The molecule has 1 N–H and O–H groups in total. The molecule has 0 aromatic heterocycles. The Morgan fingerprint density at radius 3 is 2.14 bits per heavy atom. The first kappa shape index (κ1) is 15.8. The third-order valence-electron chi connectivity index (χ3n) is 4.24. The van der Waals surface area contributed by atoms with Crippen molar-refractivity contribution in [1.29, 1.82) is 0 Å². The van der Waals surface area contributed by atoms with Crippen LogP contribution in [0, 0.1) is 11.8 Å². The molecule has 4 nitrogen and oxygen atoms in total. The van der Waals surface area contributed by atoms with Gasteiger partial charge in [0.15, 0.2) is 0 Å². The summed E-state index contributed by atoms with van der Waals surface area (Å²) in [6.45, 7) is 7.90. The molecule has 116 valence electrons. The average Bonchev–Trinajstić information content (AvgIpc) is 2.44. The van der Waals surface area contributed by atoms with Crippen LogP contribution in [-0.2, 0) is 4.79 Å². The molecule has 1 aromatic carbocycles. The van der Waals surface area contributed by atoms with Gasteiger partial charge >= 0.3 is 0 Å². The average molecular weight is 291 g/mol. The number of benzene rings is 1. The monoisotopic (exact) mass is 291 g/mol. The van der Waals surface area contributed by atoms with Gasteiger partial charge in [0.1, 0.15) is 5.75 Å². The van der Waals surface area contributed by atoms with Crippen LogP contribution in [0.4, 0.5) is 0 Å². The maximum atomic E-state index is 12.4. The van der Waals surface area contributed by atoms with Crippen LogP contribution in [0.3, 0.4) is 0 Å². The standard InChI is InChI=1S/C17H25NO3/c1-10(2)16(19)14-15(18(11(3)4)17(14)20)12-6-8-13(21-5)9-7-12/h6-11,14-16,19H,1-5H3/t14-,15-,16+/m1/s1. The largest absolute Gasteiger partial charge is 0.497 e.